The number of sulfonamides is 1. The monoisotopic (exact) mass is 631 g/mol. The van der Waals surface area contributed by atoms with E-state index in [-0.39, 0.29) is 18.5 Å². The summed E-state index contributed by atoms with van der Waals surface area (Å²) in [6, 6.07) is 9.33. The first-order valence-corrected chi connectivity index (χ1v) is 15.6. The summed E-state index contributed by atoms with van der Waals surface area (Å²) in [5.41, 5.74) is 1.67. The van der Waals surface area contributed by atoms with Gasteiger partial charge in [0.15, 0.2) is 0 Å². The molecule has 1 N–H and O–H groups in total. The number of rotatable bonds is 10. The normalized spacial score (nSPS) is 14.9. The van der Waals surface area contributed by atoms with Crippen molar-refractivity contribution in [2.24, 2.45) is 0 Å². The molecule has 1 saturated carbocycles. The molecule has 0 unspecified atom stereocenters. The van der Waals surface area contributed by atoms with Crippen LogP contribution in [-0.2, 0) is 26.2 Å². The highest BCUT2D eigenvalue weighted by Gasteiger charge is 2.33. The van der Waals surface area contributed by atoms with E-state index in [4.69, 9.17) is 23.2 Å². The average Bonchev–Trinajstić information content (AvgIpc) is 3.33. The number of benzene rings is 2. The van der Waals surface area contributed by atoms with Crippen LogP contribution in [-0.4, -0.2) is 50.0 Å². The van der Waals surface area contributed by atoms with Gasteiger partial charge in [0.1, 0.15) is 12.6 Å². The van der Waals surface area contributed by atoms with Gasteiger partial charge in [-0.25, -0.2) is 8.42 Å². The Morgan fingerprint density at radius 2 is 1.76 bits per heavy atom. The zero-order valence-corrected chi connectivity index (χ0v) is 25.1. The van der Waals surface area contributed by atoms with Crippen molar-refractivity contribution >= 4 is 66.7 Å². The zero-order valence-electron chi connectivity index (χ0n) is 21.1. The third-order valence-corrected chi connectivity index (χ3v) is 9.32. The van der Waals surface area contributed by atoms with E-state index in [0.717, 1.165) is 46.3 Å². The fraction of sp³-hybridized carbons (Fsp3) is 0.462. The summed E-state index contributed by atoms with van der Waals surface area (Å²) in [7, 11) is -3.82. The number of hydrogen-bond acceptors (Lipinski definition) is 4. The van der Waals surface area contributed by atoms with Gasteiger partial charge in [0.05, 0.1) is 11.9 Å². The Morgan fingerprint density at radius 3 is 2.30 bits per heavy atom. The quantitative estimate of drug-likeness (QED) is 0.364. The van der Waals surface area contributed by atoms with Crippen LogP contribution in [0.25, 0.3) is 0 Å². The summed E-state index contributed by atoms with van der Waals surface area (Å²) < 4.78 is 27.4. The fourth-order valence-electron chi connectivity index (χ4n) is 4.54. The molecule has 0 bridgehead atoms. The van der Waals surface area contributed by atoms with Crippen molar-refractivity contribution in [2.45, 2.75) is 64.6 Å². The molecule has 7 nitrogen and oxygen atoms in total. The Labute approximate surface area is 237 Å². The van der Waals surface area contributed by atoms with Crippen LogP contribution >= 0.6 is 39.1 Å². The predicted molar refractivity (Wildman–Crippen MR) is 153 cm³/mol. The van der Waals surface area contributed by atoms with E-state index < -0.39 is 28.5 Å². The Morgan fingerprint density at radius 1 is 1.14 bits per heavy atom. The van der Waals surface area contributed by atoms with Gasteiger partial charge in [-0.05, 0) is 62.1 Å². The number of carbonyl (C=O) groups is 2. The Bertz CT molecular complexity index is 1230. The summed E-state index contributed by atoms with van der Waals surface area (Å²) in [4.78, 5) is 28.6. The van der Waals surface area contributed by atoms with E-state index in [2.05, 4.69) is 21.2 Å². The fourth-order valence-corrected chi connectivity index (χ4v) is 6.14. The summed E-state index contributed by atoms with van der Waals surface area (Å²) in [5.74, 6) is -0.799. The molecule has 37 heavy (non-hydrogen) atoms. The second kappa shape index (κ2) is 12.8. The standard InChI is InChI=1S/C26H32BrCl2N3O4S/c1-4-24(26(34)30-18-8-5-6-9-18)31(15-20-22(28)10-7-11-23(20)29)25(33)16-32(37(3,35)36)19-12-13-21(27)17(2)14-19/h7,10-14,18,24H,4-6,8-9,15-16H2,1-3H3,(H,30,34)/t24-/m0/s1. The van der Waals surface area contributed by atoms with Crippen molar-refractivity contribution < 1.29 is 18.0 Å². The van der Waals surface area contributed by atoms with Crippen LogP contribution in [0.2, 0.25) is 10.0 Å². The molecule has 2 aromatic carbocycles. The highest BCUT2D eigenvalue weighted by molar-refractivity contribution is 9.10. The molecular weight excluding hydrogens is 601 g/mol. The Kier molecular flexibility index (Phi) is 10.3. The lowest BCUT2D eigenvalue weighted by Gasteiger charge is -2.34. The maximum Gasteiger partial charge on any atom is 0.244 e. The SMILES string of the molecule is CC[C@@H](C(=O)NC1CCCC1)N(Cc1c(Cl)cccc1Cl)C(=O)CN(c1ccc(Br)c(C)c1)S(C)(=O)=O. The van der Waals surface area contributed by atoms with Crippen LogP contribution in [0.15, 0.2) is 40.9 Å². The van der Waals surface area contributed by atoms with Crippen molar-refractivity contribution in [2.75, 3.05) is 17.1 Å². The van der Waals surface area contributed by atoms with Crippen molar-refractivity contribution in [3.63, 3.8) is 0 Å². The highest BCUT2D eigenvalue weighted by atomic mass is 79.9. The molecule has 0 saturated heterocycles. The van der Waals surface area contributed by atoms with Crippen LogP contribution in [0.4, 0.5) is 5.69 Å². The molecule has 1 aliphatic rings. The maximum atomic E-state index is 13.8. The molecule has 0 spiro atoms. The Balaban J connectivity index is 1.98. The van der Waals surface area contributed by atoms with E-state index >= 15 is 0 Å². The number of nitrogens with zero attached hydrogens (tertiary/aromatic N) is 2. The molecule has 0 heterocycles. The minimum absolute atomic E-state index is 0.0368. The predicted octanol–water partition coefficient (Wildman–Crippen LogP) is 5.70. The molecule has 11 heteroatoms. The maximum absolute atomic E-state index is 13.8. The van der Waals surface area contributed by atoms with Crippen LogP contribution < -0.4 is 9.62 Å². The van der Waals surface area contributed by atoms with E-state index in [9.17, 15) is 18.0 Å². The topological polar surface area (TPSA) is 86.8 Å². The third kappa shape index (κ3) is 7.62. The average molecular weight is 633 g/mol. The number of anilines is 1. The van der Waals surface area contributed by atoms with E-state index in [1.165, 1.54) is 4.90 Å². The molecule has 2 amide bonds. The number of halogens is 3. The molecular formula is C26H32BrCl2N3O4S. The van der Waals surface area contributed by atoms with Crippen molar-refractivity contribution in [1.82, 2.24) is 10.2 Å². The number of nitrogens with one attached hydrogen (secondary N) is 1. The number of carbonyl (C=O) groups excluding carboxylic acids is 2. The Hall–Kier alpha value is -1.81. The van der Waals surface area contributed by atoms with Gasteiger partial charge in [-0.15, -0.1) is 0 Å². The summed E-state index contributed by atoms with van der Waals surface area (Å²) in [6.45, 7) is 3.14. The van der Waals surface area contributed by atoms with Crippen LogP contribution in [0.1, 0.15) is 50.2 Å². The minimum atomic E-state index is -3.82. The van der Waals surface area contributed by atoms with Crippen LogP contribution in [0, 0.1) is 6.92 Å². The molecule has 1 aliphatic carbocycles. The number of aryl methyl sites for hydroxylation is 1. The molecule has 3 rings (SSSR count). The second-order valence-corrected chi connectivity index (χ2v) is 12.9. The van der Waals surface area contributed by atoms with E-state index in [0.29, 0.717) is 27.7 Å². The number of hydrogen-bond donors (Lipinski definition) is 1. The van der Waals surface area contributed by atoms with Gasteiger partial charge in [0.25, 0.3) is 0 Å². The van der Waals surface area contributed by atoms with Gasteiger partial charge in [0.2, 0.25) is 21.8 Å². The van der Waals surface area contributed by atoms with E-state index in [1.807, 2.05) is 13.8 Å². The van der Waals surface area contributed by atoms with Crippen molar-refractivity contribution in [3.8, 4) is 0 Å². The van der Waals surface area contributed by atoms with E-state index in [1.54, 1.807) is 36.4 Å². The van der Waals surface area contributed by atoms with Gasteiger partial charge in [-0.2, -0.15) is 0 Å². The molecule has 0 radical (unpaired) electrons. The molecule has 2 aromatic rings. The number of amides is 2. The van der Waals surface area contributed by atoms with Gasteiger partial charge >= 0.3 is 0 Å². The van der Waals surface area contributed by atoms with Crippen molar-refractivity contribution in [3.05, 3.63) is 62.0 Å². The summed E-state index contributed by atoms with van der Waals surface area (Å²) in [6.07, 6.45) is 5.29. The second-order valence-electron chi connectivity index (χ2n) is 9.34. The van der Waals surface area contributed by atoms with Gasteiger partial charge in [-0.3, -0.25) is 13.9 Å². The first-order chi connectivity index (χ1) is 17.4. The molecule has 202 valence electrons. The molecule has 1 atom stereocenters. The smallest absolute Gasteiger partial charge is 0.244 e. The molecule has 0 aromatic heterocycles. The van der Waals surface area contributed by atoms with Gasteiger partial charge in [0, 0.05) is 32.7 Å². The highest BCUT2D eigenvalue weighted by Crippen LogP contribution is 2.29. The first-order valence-electron chi connectivity index (χ1n) is 12.2. The zero-order chi connectivity index (χ0) is 27.3. The van der Waals surface area contributed by atoms with Crippen molar-refractivity contribution in [1.29, 1.82) is 0 Å². The molecule has 1 fully saturated rings. The third-order valence-electron chi connectivity index (χ3n) is 6.59. The lowest BCUT2D eigenvalue weighted by Crippen LogP contribution is -2.53. The van der Waals surface area contributed by atoms with Gasteiger partial charge < -0.3 is 10.2 Å². The first kappa shape index (κ1) is 29.7. The molecule has 0 aliphatic heterocycles. The van der Waals surface area contributed by atoms with Crippen LogP contribution in [0.5, 0.6) is 0 Å². The lowest BCUT2D eigenvalue weighted by atomic mass is 10.1. The lowest BCUT2D eigenvalue weighted by molar-refractivity contribution is -0.140. The van der Waals surface area contributed by atoms with Gasteiger partial charge in [-0.1, -0.05) is 65.0 Å². The largest absolute Gasteiger partial charge is 0.352 e. The summed E-state index contributed by atoms with van der Waals surface area (Å²) in [5, 5.41) is 3.80. The van der Waals surface area contributed by atoms with Crippen LogP contribution in [0.3, 0.4) is 0 Å². The summed E-state index contributed by atoms with van der Waals surface area (Å²) >= 11 is 16.3. The minimum Gasteiger partial charge on any atom is -0.352 e.